The number of nitrogens with one attached hydrogen (secondary N) is 1. The minimum atomic E-state index is -0.975. The first-order valence-corrected chi connectivity index (χ1v) is 12.4. The molecule has 2 saturated heterocycles. The van der Waals surface area contributed by atoms with E-state index < -0.39 is 5.54 Å². The zero-order chi connectivity index (χ0) is 25.1. The number of rotatable bonds is 6. The van der Waals surface area contributed by atoms with Gasteiger partial charge in [-0.2, -0.15) is 0 Å². The lowest BCUT2D eigenvalue weighted by molar-refractivity contribution is -0.136. The number of hydrogen-bond acceptors (Lipinski definition) is 4. The van der Waals surface area contributed by atoms with Gasteiger partial charge in [-0.1, -0.05) is 60.7 Å². The number of likely N-dealkylation sites (tertiary alicyclic amines) is 1. The van der Waals surface area contributed by atoms with Gasteiger partial charge < -0.3 is 10.2 Å². The van der Waals surface area contributed by atoms with Crippen LogP contribution in [0, 0.1) is 5.92 Å². The molecular weight excluding hydrogens is 452 g/mol. The molecule has 0 spiro atoms. The minimum Gasteiger partial charge on any atom is -0.342 e. The van der Waals surface area contributed by atoms with E-state index in [4.69, 9.17) is 0 Å². The SMILES string of the molecule is CC1(C2CCN(C(=O)C(c3ccccc3)c3ccccc3)CC2)NC(=O)N(Cc2ccncc2)C1=O. The molecule has 0 aliphatic carbocycles. The zero-order valence-electron chi connectivity index (χ0n) is 20.3. The highest BCUT2D eigenvalue weighted by Gasteiger charge is 2.53. The van der Waals surface area contributed by atoms with Crippen molar-refractivity contribution in [3.63, 3.8) is 0 Å². The second kappa shape index (κ2) is 9.93. The van der Waals surface area contributed by atoms with Crippen LogP contribution in [0.2, 0.25) is 0 Å². The Bertz CT molecular complexity index is 1190. The summed E-state index contributed by atoms with van der Waals surface area (Å²) in [6.45, 7) is 3.13. The number of nitrogens with zero attached hydrogens (tertiary/aromatic N) is 3. The summed E-state index contributed by atoms with van der Waals surface area (Å²) in [5.41, 5.74) is 1.81. The van der Waals surface area contributed by atoms with Crippen molar-refractivity contribution < 1.29 is 14.4 Å². The summed E-state index contributed by atoms with van der Waals surface area (Å²) in [6, 6.07) is 22.9. The van der Waals surface area contributed by atoms with Crippen LogP contribution < -0.4 is 5.32 Å². The second-order valence-corrected chi connectivity index (χ2v) is 9.73. The van der Waals surface area contributed by atoms with Gasteiger partial charge in [-0.05, 0) is 54.5 Å². The quantitative estimate of drug-likeness (QED) is 0.539. The van der Waals surface area contributed by atoms with Crippen molar-refractivity contribution in [3.05, 3.63) is 102 Å². The van der Waals surface area contributed by atoms with Crippen LogP contribution in [0.4, 0.5) is 4.79 Å². The highest BCUT2D eigenvalue weighted by Crippen LogP contribution is 2.35. The monoisotopic (exact) mass is 482 g/mol. The molecule has 1 aromatic heterocycles. The third kappa shape index (κ3) is 4.49. The molecule has 1 N–H and O–H groups in total. The van der Waals surface area contributed by atoms with E-state index >= 15 is 0 Å². The summed E-state index contributed by atoms with van der Waals surface area (Å²) >= 11 is 0. The molecule has 1 unspecified atom stereocenters. The molecule has 184 valence electrons. The molecule has 3 aromatic rings. The first-order valence-electron chi connectivity index (χ1n) is 12.4. The van der Waals surface area contributed by atoms with Gasteiger partial charge in [0.05, 0.1) is 12.5 Å². The first-order chi connectivity index (χ1) is 17.5. The van der Waals surface area contributed by atoms with Crippen molar-refractivity contribution in [3.8, 4) is 0 Å². The summed E-state index contributed by atoms with van der Waals surface area (Å²) in [5, 5.41) is 2.96. The lowest BCUT2D eigenvalue weighted by Gasteiger charge is -2.40. The van der Waals surface area contributed by atoms with Crippen LogP contribution in [-0.4, -0.2) is 51.3 Å². The number of hydrogen-bond donors (Lipinski definition) is 1. The molecule has 7 heteroatoms. The Kier molecular flexibility index (Phi) is 6.55. The van der Waals surface area contributed by atoms with Crippen molar-refractivity contribution in [1.29, 1.82) is 0 Å². The molecule has 5 rings (SSSR count). The highest BCUT2D eigenvalue weighted by molar-refractivity contribution is 6.07. The topological polar surface area (TPSA) is 82.6 Å². The van der Waals surface area contributed by atoms with Gasteiger partial charge in [0.1, 0.15) is 5.54 Å². The standard InChI is InChI=1S/C29H30N4O3/c1-29(27(35)33(28(36)31-29)20-21-12-16-30-17-13-21)24-14-18-32(19-15-24)26(34)25(22-8-4-2-5-9-22)23-10-6-3-7-11-23/h2-13,16-17,24-25H,14-15,18-20H2,1H3,(H,31,36). The predicted molar refractivity (Wildman–Crippen MR) is 136 cm³/mol. The van der Waals surface area contributed by atoms with Crippen LogP contribution >= 0.6 is 0 Å². The Morgan fingerprint density at radius 1 is 0.944 bits per heavy atom. The molecule has 1 atom stereocenters. The largest absolute Gasteiger partial charge is 0.342 e. The number of aromatic nitrogens is 1. The van der Waals surface area contributed by atoms with Crippen molar-refractivity contribution in [2.45, 2.75) is 37.8 Å². The molecular formula is C29H30N4O3. The number of benzene rings is 2. The van der Waals surface area contributed by atoms with Crippen molar-refractivity contribution in [2.75, 3.05) is 13.1 Å². The number of carbonyl (C=O) groups is 3. The number of imide groups is 1. The van der Waals surface area contributed by atoms with E-state index in [9.17, 15) is 14.4 Å². The molecule has 36 heavy (non-hydrogen) atoms. The lowest BCUT2D eigenvalue weighted by Crippen LogP contribution is -2.54. The summed E-state index contributed by atoms with van der Waals surface area (Å²) in [4.78, 5) is 47.1. The fourth-order valence-corrected chi connectivity index (χ4v) is 5.44. The highest BCUT2D eigenvalue weighted by atomic mass is 16.2. The third-order valence-electron chi connectivity index (χ3n) is 7.53. The van der Waals surface area contributed by atoms with Crippen LogP contribution in [0.5, 0.6) is 0 Å². The molecule has 2 aliphatic heterocycles. The molecule has 3 heterocycles. The Hall–Kier alpha value is -4.00. The van der Waals surface area contributed by atoms with Gasteiger partial charge in [-0.3, -0.25) is 19.5 Å². The van der Waals surface area contributed by atoms with E-state index in [0.29, 0.717) is 25.9 Å². The maximum absolute atomic E-state index is 13.8. The lowest BCUT2D eigenvalue weighted by atomic mass is 9.78. The Balaban J connectivity index is 1.29. The molecule has 0 bridgehead atoms. The van der Waals surface area contributed by atoms with Crippen molar-refractivity contribution in [1.82, 2.24) is 20.1 Å². The predicted octanol–water partition coefficient (Wildman–Crippen LogP) is 3.96. The fourth-order valence-electron chi connectivity index (χ4n) is 5.44. The molecule has 0 saturated carbocycles. The fraction of sp³-hybridized carbons (Fsp3) is 0.310. The summed E-state index contributed by atoms with van der Waals surface area (Å²) in [5.74, 6) is -0.562. The molecule has 7 nitrogen and oxygen atoms in total. The Morgan fingerprint density at radius 2 is 1.50 bits per heavy atom. The van der Waals surface area contributed by atoms with Crippen LogP contribution in [0.1, 0.15) is 42.4 Å². The average Bonchev–Trinajstić information content (AvgIpc) is 3.14. The Labute approximate surface area is 211 Å². The van der Waals surface area contributed by atoms with Crippen LogP contribution in [0.25, 0.3) is 0 Å². The third-order valence-corrected chi connectivity index (χ3v) is 7.53. The summed E-state index contributed by atoms with van der Waals surface area (Å²) < 4.78 is 0. The van der Waals surface area contributed by atoms with Gasteiger partial charge in [-0.15, -0.1) is 0 Å². The van der Waals surface area contributed by atoms with Gasteiger partial charge in [-0.25, -0.2) is 4.79 Å². The normalized spacial score (nSPS) is 20.6. The number of carbonyl (C=O) groups excluding carboxylic acids is 3. The number of urea groups is 1. The maximum Gasteiger partial charge on any atom is 0.325 e. The second-order valence-electron chi connectivity index (χ2n) is 9.73. The molecule has 2 aromatic carbocycles. The van der Waals surface area contributed by atoms with E-state index in [2.05, 4.69) is 10.3 Å². The van der Waals surface area contributed by atoms with E-state index in [0.717, 1.165) is 16.7 Å². The van der Waals surface area contributed by atoms with Gasteiger partial charge >= 0.3 is 6.03 Å². The van der Waals surface area contributed by atoms with E-state index in [1.807, 2.05) is 72.5 Å². The summed E-state index contributed by atoms with van der Waals surface area (Å²) in [6.07, 6.45) is 4.59. The van der Waals surface area contributed by atoms with Crippen LogP contribution in [0.15, 0.2) is 85.2 Å². The Morgan fingerprint density at radius 3 is 2.06 bits per heavy atom. The van der Waals surface area contributed by atoms with Crippen molar-refractivity contribution in [2.24, 2.45) is 5.92 Å². The number of amides is 4. The van der Waals surface area contributed by atoms with E-state index in [1.165, 1.54) is 4.90 Å². The maximum atomic E-state index is 13.8. The molecule has 4 amide bonds. The van der Waals surface area contributed by atoms with E-state index in [-0.39, 0.29) is 36.2 Å². The molecule has 0 radical (unpaired) electrons. The minimum absolute atomic E-state index is 0.0488. The van der Waals surface area contributed by atoms with Crippen LogP contribution in [0.3, 0.4) is 0 Å². The van der Waals surface area contributed by atoms with Gasteiger partial charge in [0, 0.05) is 25.5 Å². The van der Waals surface area contributed by atoms with Gasteiger partial charge in [0.15, 0.2) is 0 Å². The van der Waals surface area contributed by atoms with Gasteiger partial charge in [0.25, 0.3) is 5.91 Å². The molecule has 2 fully saturated rings. The van der Waals surface area contributed by atoms with Gasteiger partial charge in [0.2, 0.25) is 5.91 Å². The zero-order valence-corrected chi connectivity index (χ0v) is 20.3. The smallest absolute Gasteiger partial charge is 0.325 e. The average molecular weight is 483 g/mol. The van der Waals surface area contributed by atoms with E-state index in [1.54, 1.807) is 24.5 Å². The number of pyridine rings is 1. The first kappa shape index (κ1) is 23.7. The number of piperidine rings is 1. The van der Waals surface area contributed by atoms with Crippen LogP contribution in [-0.2, 0) is 16.1 Å². The summed E-state index contributed by atoms with van der Waals surface area (Å²) in [7, 11) is 0. The van der Waals surface area contributed by atoms with Crippen molar-refractivity contribution >= 4 is 17.8 Å². The molecule has 2 aliphatic rings.